The first-order chi connectivity index (χ1) is 11.0. The summed E-state index contributed by atoms with van der Waals surface area (Å²) in [4.78, 5) is 20.0. The quantitative estimate of drug-likeness (QED) is 0.852. The number of amides is 1. The van der Waals surface area contributed by atoms with E-state index < -0.39 is 12.0 Å². The van der Waals surface area contributed by atoms with Crippen molar-refractivity contribution >= 4 is 5.91 Å². The summed E-state index contributed by atoms with van der Waals surface area (Å²) in [6.45, 7) is 1.90. The molecule has 3 N–H and O–H groups in total. The second-order valence-electron chi connectivity index (χ2n) is 6.15. The van der Waals surface area contributed by atoms with Crippen molar-refractivity contribution < 1.29 is 9.90 Å². The van der Waals surface area contributed by atoms with Crippen molar-refractivity contribution in [3.05, 3.63) is 17.8 Å². The van der Waals surface area contributed by atoms with E-state index in [1.165, 1.54) is 0 Å². The molecule has 23 heavy (non-hydrogen) atoms. The number of aliphatic hydroxyl groups is 1. The van der Waals surface area contributed by atoms with Crippen molar-refractivity contribution in [2.24, 2.45) is 12.8 Å². The van der Waals surface area contributed by atoms with Gasteiger partial charge >= 0.3 is 0 Å². The molecule has 0 bridgehead atoms. The highest BCUT2D eigenvalue weighted by molar-refractivity contribution is 5.75. The summed E-state index contributed by atoms with van der Waals surface area (Å²) in [5.74, 6) is 0.537. The molecule has 0 spiro atoms. The highest BCUT2D eigenvalue weighted by Crippen LogP contribution is 2.32. The number of hydrogen-bond donors (Lipinski definition) is 2. The van der Waals surface area contributed by atoms with Crippen molar-refractivity contribution in [2.75, 3.05) is 0 Å². The molecular formula is C15H22N6O2. The Morgan fingerprint density at radius 2 is 2.17 bits per heavy atom. The molecule has 1 saturated carbocycles. The zero-order valence-corrected chi connectivity index (χ0v) is 13.4. The summed E-state index contributed by atoms with van der Waals surface area (Å²) in [5.41, 5.74) is 6.94. The summed E-state index contributed by atoms with van der Waals surface area (Å²) >= 11 is 0. The van der Waals surface area contributed by atoms with Gasteiger partial charge in [-0.05, 0) is 19.8 Å². The molecule has 124 valence electrons. The van der Waals surface area contributed by atoms with Crippen LogP contribution in [0.4, 0.5) is 0 Å². The minimum atomic E-state index is -0.473. The van der Waals surface area contributed by atoms with Crippen LogP contribution < -0.4 is 5.73 Å². The van der Waals surface area contributed by atoms with Gasteiger partial charge in [0.2, 0.25) is 5.91 Å². The average molecular weight is 318 g/mol. The third kappa shape index (κ3) is 2.98. The summed E-state index contributed by atoms with van der Waals surface area (Å²) in [6, 6.07) is -0.137. The lowest BCUT2D eigenvalue weighted by atomic mass is 9.92. The van der Waals surface area contributed by atoms with Gasteiger partial charge in [-0.1, -0.05) is 12.8 Å². The van der Waals surface area contributed by atoms with E-state index in [0.717, 1.165) is 37.1 Å². The lowest BCUT2D eigenvalue weighted by Gasteiger charge is -2.28. The molecule has 1 amide bonds. The normalized spacial score (nSPS) is 21.5. The molecule has 2 atom stereocenters. The smallest absolute Gasteiger partial charge is 0.225 e. The minimum Gasteiger partial charge on any atom is -0.391 e. The number of nitrogens with two attached hydrogens (primary N) is 1. The molecule has 0 aromatic carbocycles. The fraction of sp³-hybridized carbons (Fsp3) is 0.600. The first kappa shape index (κ1) is 15.7. The van der Waals surface area contributed by atoms with Crippen LogP contribution in [-0.2, 0) is 18.3 Å². The predicted molar refractivity (Wildman–Crippen MR) is 83.4 cm³/mol. The van der Waals surface area contributed by atoms with Crippen LogP contribution >= 0.6 is 0 Å². The molecule has 2 aromatic heterocycles. The maximum atomic E-state index is 11.2. The maximum absolute atomic E-state index is 11.2. The third-order valence-corrected chi connectivity index (χ3v) is 4.35. The molecule has 8 heteroatoms. The molecule has 1 aliphatic rings. The van der Waals surface area contributed by atoms with E-state index in [4.69, 9.17) is 5.73 Å². The summed E-state index contributed by atoms with van der Waals surface area (Å²) < 4.78 is 3.63. The first-order valence-electron chi connectivity index (χ1n) is 7.87. The predicted octanol–water partition coefficient (Wildman–Crippen LogP) is 0.491. The molecule has 0 aliphatic heterocycles. The number of imidazole rings is 1. The fourth-order valence-corrected chi connectivity index (χ4v) is 3.23. The number of aromatic nitrogens is 5. The van der Waals surface area contributed by atoms with Gasteiger partial charge in [0.05, 0.1) is 30.6 Å². The van der Waals surface area contributed by atoms with Crippen LogP contribution in [-0.4, -0.2) is 41.4 Å². The number of aryl methyl sites for hydroxylation is 2. The zero-order chi connectivity index (χ0) is 16.6. The third-order valence-electron chi connectivity index (χ3n) is 4.35. The number of nitrogens with zero attached hydrogens (tertiary/aromatic N) is 5. The SMILES string of the molecule is Cc1ncn(C)c1-c1nc(CC(N)=O)nn1[C@@H]1CCCC[C@H]1O. The second kappa shape index (κ2) is 6.11. The van der Waals surface area contributed by atoms with Gasteiger partial charge in [0, 0.05) is 7.05 Å². The lowest BCUT2D eigenvalue weighted by Crippen LogP contribution is -2.29. The van der Waals surface area contributed by atoms with Crippen molar-refractivity contribution in [3.8, 4) is 11.5 Å². The second-order valence-corrected chi connectivity index (χ2v) is 6.15. The Morgan fingerprint density at radius 1 is 1.43 bits per heavy atom. The van der Waals surface area contributed by atoms with E-state index in [9.17, 15) is 9.90 Å². The van der Waals surface area contributed by atoms with E-state index in [0.29, 0.717) is 11.6 Å². The van der Waals surface area contributed by atoms with Crippen LogP contribution in [0.5, 0.6) is 0 Å². The first-order valence-corrected chi connectivity index (χ1v) is 7.87. The van der Waals surface area contributed by atoms with Crippen molar-refractivity contribution in [2.45, 2.75) is 51.2 Å². The molecule has 0 radical (unpaired) electrons. The van der Waals surface area contributed by atoms with Crippen LogP contribution in [0.2, 0.25) is 0 Å². The Bertz CT molecular complexity index is 700. The van der Waals surface area contributed by atoms with Gasteiger partial charge in [-0.25, -0.2) is 14.6 Å². The lowest BCUT2D eigenvalue weighted by molar-refractivity contribution is -0.117. The zero-order valence-electron chi connectivity index (χ0n) is 13.4. The molecule has 3 rings (SSSR count). The Labute approximate surface area is 134 Å². The van der Waals surface area contributed by atoms with Crippen LogP contribution in [0.25, 0.3) is 11.5 Å². The number of carbonyl (C=O) groups excluding carboxylic acids is 1. The number of hydrogen-bond acceptors (Lipinski definition) is 5. The van der Waals surface area contributed by atoms with Gasteiger partial charge in [-0.3, -0.25) is 4.79 Å². The highest BCUT2D eigenvalue weighted by Gasteiger charge is 2.30. The van der Waals surface area contributed by atoms with Gasteiger partial charge in [-0.2, -0.15) is 5.10 Å². The molecule has 2 aromatic rings. The van der Waals surface area contributed by atoms with Gasteiger partial charge < -0.3 is 15.4 Å². The number of rotatable bonds is 4. The van der Waals surface area contributed by atoms with Gasteiger partial charge in [0.25, 0.3) is 0 Å². The highest BCUT2D eigenvalue weighted by atomic mass is 16.3. The van der Waals surface area contributed by atoms with E-state index in [1.54, 1.807) is 11.0 Å². The molecular weight excluding hydrogens is 296 g/mol. The molecule has 8 nitrogen and oxygen atoms in total. The van der Waals surface area contributed by atoms with Gasteiger partial charge in [0.15, 0.2) is 11.6 Å². The monoisotopic (exact) mass is 318 g/mol. The van der Waals surface area contributed by atoms with Crippen molar-refractivity contribution in [3.63, 3.8) is 0 Å². The van der Waals surface area contributed by atoms with E-state index in [-0.39, 0.29) is 12.5 Å². The van der Waals surface area contributed by atoms with E-state index in [1.807, 2.05) is 18.5 Å². The Kier molecular flexibility index (Phi) is 4.16. The number of aliphatic hydroxyl groups excluding tert-OH is 1. The topological polar surface area (TPSA) is 112 Å². The molecule has 0 saturated heterocycles. The van der Waals surface area contributed by atoms with Crippen LogP contribution in [0, 0.1) is 6.92 Å². The van der Waals surface area contributed by atoms with Gasteiger partial charge in [-0.15, -0.1) is 0 Å². The van der Waals surface area contributed by atoms with E-state index in [2.05, 4.69) is 15.1 Å². The van der Waals surface area contributed by atoms with Crippen LogP contribution in [0.3, 0.4) is 0 Å². The summed E-state index contributed by atoms with van der Waals surface area (Å²) in [5, 5.41) is 14.8. The average Bonchev–Trinajstić information content (AvgIpc) is 3.02. The number of primary amides is 1. The van der Waals surface area contributed by atoms with E-state index >= 15 is 0 Å². The summed E-state index contributed by atoms with van der Waals surface area (Å²) in [6.07, 6.45) is 4.88. The molecule has 1 aliphatic carbocycles. The van der Waals surface area contributed by atoms with Crippen molar-refractivity contribution in [1.29, 1.82) is 0 Å². The van der Waals surface area contributed by atoms with Crippen LogP contribution in [0.1, 0.15) is 43.2 Å². The Hall–Kier alpha value is -2.22. The van der Waals surface area contributed by atoms with Crippen LogP contribution in [0.15, 0.2) is 6.33 Å². The van der Waals surface area contributed by atoms with Crippen molar-refractivity contribution in [1.82, 2.24) is 24.3 Å². The molecule has 0 unspecified atom stereocenters. The van der Waals surface area contributed by atoms with Gasteiger partial charge in [0.1, 0.15) is 5.69 Å². The largest absolute Gasteiger partial charge is 0.391 e. The summed E-state index contributed by atoms with van der Waals surface area (Å²) in [7, 11) is 1.89. The number of carbonyl (C=O) groups is 1. The molecule has 1 fully saturated rings. The Morgan fingerprint density at radius 3 is 2.78 bits per heavy atom. The fourth-order valence-electron chi connectivity index (χ4n) is 3.23. The molecule has 2 heterocycles. The standard InChI is InChI=1S/C15H22N6O2/c1-9-14(20(2)8-17-9)15-18-13(7-12(16)23)19-21(15)10-5-3-4-6-11(10)22/h8,10-11,22H,3-7H2,1-2H3,(H2,16,23)/t10-,11-/m1/s1. The Balaban J connectivity index is 2.09. The maximum Gasteiger partial charge on any atom is 0.225 e. The minimum absolute atomic E-state index is 0.0142.